The molecule has 1 atom stereocenters. The van der Waals surface area contributed by atoms with Crippen molar-refractivity contribution in [1.82, 2.24) is 4.98 Å². The van der Waals surface area contributed by atoms with Gasteiger partial charge < -0.3 is 4.42 Å². The summed E-state index contributed by atoms with van der Waals surface area (Å²) in [6.45, 7) is 0. The first-order valence-electron chi connectivity index (χ1n) is 5.35. The molecule has 1 aliphatic heterocycles. The van der Waals surface area contributed by atoms with E-state index in [9.17, 15) is 8.42 Å². The van der Waals surface area contributed by atoms with Gasteiger partial charge in [-0.25, -0.2) is 13.4 Å². The number of nitrogens with zero attached hydrogens (tertiary/aromatic N) is 1. The van der Waals surface area contributed by atoms with E-state index in [1.807, 2.05) is 0 Å². The standard InChI is InChI=1S/C10H14ClNO3S/c11-5-4-10-12-7-8(15-10)9-3-1-2-6-16(9,13)14/h7,9H,1-6H2. The second-order valence-corrected chi connectivity index (χ2v) is 6.63. The summed E-state index contributed by atoms with van der Waals surface area (Å²) in [5.74, 6) is 1.67. The second-order valence-electron chi connectivity index (χ2n) is 3.95. The predicted molar refractivity (Wildman–Crippen MR) is 61.3 cm³/mol. The summed E-state index contributed by atoms with van der Waals surface area (Å²) in [7, 11) is -3.04. The number of oxazole rings is 1. The Balaban J connectivity index is 2.22. The molecule has 16 heavy (non-hydrogen) atoms. The minimum Gasteiger partial charge on any atom is -0.444 e. The lowest BCUT2D eigenvalue weighted by molar-refractivity contribution is 0.434. The zero-order valence-electron chi connectivity index (χ0n) is 8.86. The number of rotatable bonds is 3. The van der Waals surface area contributed by atoms with Crippen LogP contribution in [0.25, 0.3) is 0 Å². The Morgan fingerprint density at radius 1 is 1.50 bits per heavy atom. The van der Waals surface area contributed by atoms with Gasteiger partial charge in [-0.15, -0.1) is 11.6 Å². The summed E-state index contributed by atoms with van der Waals surface area (Å²) >= 11 is 5.57. The first-order chi connectivity index (χ1) is 7.63. The Labute approximate surface area is 99.9 Å². The number of hydrogen-bond donors (Lipinski definition) is 0. The summed E-state index contributed by atoms with van der Waals surface area (Å²) in [6, 6.07) is 0. The van der Waals surface area contributed by atoms with E-state index in [4.69, 9.17) is 16.0 Å². The molecule has 0 bridgehead atoms. The first-order valence-corrected chi connectivity index (χ1v) is 7.60. The molecule has 1 fully saturated rings. The van der Waals surface area contributed by atoms with Gasteiger partial charge in [0.05, 0.1) is 11.9 Å². The molecule has 0 spiro atoms. The van der Waals surface area contributed by atoms with Gasteiger partial charge in [-0.3, -0.25) is 0 Å². The molecular weight excluding hydrogens is 250 g/mol. The normalized spacial score (nSPS) is 24.4. The maximum Gasteiger partial charge on any atom is 0.195 e. The number of sulfone groups is 1. The largest absolute Gasteiger partial charge is 0.444 e. The lowest BCUT2D eigenvalue weighted by Gasteiger charge is -2.19. The lowest BCUT2D eigenvalue weighted by atomic mass is 10.1. The number of alkyl halides is 1. The van der Waals surface area contributed by atoms with Gasteiger partial charge in [-0.2, -0.15) is 0 Å². The van der Waals surface area contributed by atoms with Gasteiger partial charge in [0.25, 0.3) is 0 Å². The van der Waals surface area contributed by atoms with E-state index in [0.717, 1.165) is 12.8 Å². The number of aryl methyl sites for hydroxylation is 1. The molecule has 1 unspecified atom stereocenters. The highest BCUT2D eigenvalue weighted by atomic mass is 35.5. The molecule has 0 radical (unpaired) electrons. The summed E-state index contributed by atoms with van der Waals surface area (Å²) in [4.78, 5) is 4.03. The van der Waals surface area contributed by atoms with E-state index < -0.39 is 15.1 Å². The van der Waals surface area contributed by atoms with Gasteiger partial charge in [-0.1, -0.05) is 6.42 Å². The van der Waals surface area contributed by atoms with Gasteiger partial charge >= 0.3 is 0 Å². The van der Waals surface area contributed by atoms with E-state index >= 15 is 0 Å². The molecule has 0 N–H and O–H groups in total. The van der Waals surface area contributed by atoms with Gasteiger partial charge in [-0.05, 0) is 12.8 Å². The molecule has 1 saturated heterocycles. The third-order valence-electron chi connectivity index (χ3n) is 2.78. The quantitative estimate of drug-likeness (QED) is 0.784. The fourth-order valence-electron chi connectivity index (χ4n) is 1.94. The fourth-order valence-corrected chi connectivity index (χ4v) is 3.99. The molecule has 6 heteroatoms. The van der Waals surface area contributed by atoms with Crippen LogP contribution in [0.1, 0.15) is 36.2 Å². The summed E-state index contributed by atoms with van der Waals surface area (Å²) in [5, 5.41) is -0.502. The summed E-state index contributed by atoms with van der Waals surface area (Å²) in [6.07, 6.45) is 4.37. The van der Waals surface area contributed by atoms with Crippen molar-refractivity contribution < 1.29 is 12.8 Å². The highest BCUT2D eigenvalue weighted by Crippen LogP contribution is 2.33. The molecule has 0 amide bonds. The Kier molecular flexibility index (Phi) is 3.54. The van der Waals surface area contributed by atoms with Gasteiger partial charge in [0, 0.05) is 12.3 Å². The van der Waals surface area contributed by atoms with E-state index in [0.29, 0.717) is 30.4 Å². The monoisotopic (exact) mass is 263 g/mol. The molecule has 2 rings (SSSR count). The summed E-state index contributed by atoms with van der Waals surface area (Å²) < 4.78 is 29.1. The molecule has 2 heterocycles. The van der Waals surface area contributed by atoms with Crippen molar-refractivity contribution >= 4 is 21.4 Å². The van der Waals surface area contributed by atoms with Crippen molar-refractivity contribution in [2.45, 2.75) is 30.9 Å². The third kappa shape index (κ3) is 2.40. The zero-order chi connectivity index (χ0) is 11.6. The van der Waals surface area contributed by atoms with Crippen molar-refractivity contribution in [2.24, 2.45) is 0 Å². The fraction of sp³-hybridized carbons (Fsp3) is 0.700. The van der Waals surface area contributed by atoms with Gasteiger partial charge in [0.15, 0.2) is 15.7 Å². The van der Waals surface area contributed by atoms with Crippen LogP contribution in [0.2, 0.25) is 0 Å². The highest BCUT2D eigenvalue weighted by molar-refractivity contribution is 7.91. The van der Waals surface area contributed by atoms with Crippen LogP contribution in [0.4, 0.5) is 0 Å². The highest BCUT2D eigenvalue weighted by Gasteiger charge is 2.32. The van der Waals surface area contributed by atoms with Gasteiger partial charge in [0.2, 0.25) is 0 Å². The van der Waals surface area contributed by atoms with E-state index in [1.165, 1.54) is 6.20 Å². The van der Waals surface area contributed by atoms with Crippen LogP contribution in [0.5, 0.6) is 0 Å². The van der Waals surface area contributed by atoms with Crippen molar-refractivity contribution in [1.29, 1.82) is 0 Å². The third-order valence-corrected chi connectivity index (χ3v) is 5.16. The van der Waals surface area contributed by atoms with Crippen LogP contribution in [0.15, 0.2) is 10.6 Å². The van der Waals surface area contributed by atoms with Crippen LogP contribution in [0, 0.1) is 0 Å². The molecule has 0 saturated carbocycles. The van der Waals surface area contributed by atoms with Crippen molar-refractivity contribution in [3.8, 4) is 0 Å². The minimum atomic E-state index is -3.04. The second kappa shape index (κ2) is 4.75. The predicted octanol–water partition coefficient (Wildman–Crippen LogP) is 2.10. The SMILES string of the molecule is O=S1(=O)CCCCC1c1cnc(CCCl)o1. The van der Waals surface area contributed by atoms with Crippen LogP contribution < -0.4 is 0 Å². The maximum atomic E-state index is 11.8. The van der Waals surface area contributed by atoms with Crippen LogP contribution in [0.3, 0.4) is 0 Å². The lowest BCUT2D eigenvalue weighted by Crippen LogP contribution is -2.21. The Bertz CT molecular complexity index is 454. The minimum absolute atomic E-state index is 0.253. The first kappa shape index (κ1) is 11.9. The molecule has 0 aliphatic carbocycles. The molecule has 4 nitrogen and oxygen atoms in total. The van der Waals surface area contributed by atoms with Crippen LogP contribution in [-0.4, -0.2) is 25.0 Å². The van der Waals surface area contributed by atoms with Crippen LogP contribution >= 0.6 is 11.6 Å². The van der Waals surface area contributed by atoms with Gasteiger partial charge in [0.1, 0.15) is 11.0 Å². The number of aromatic nitrogens is 1. The van der Waals surface area contributed by atoms with Crippen molar-refractivity contribution in [2.75, 3.05) is 11.6 Å². The van der Waals surface area contributed by atoms with Crippen LogP contribution in [-0.2, 0) is 16.3 Å². The smallest absolute Gasteiger partial charge is 0.195 e. The maximum absolute atomic E-state index is 11.8. The average molecular weight is 264 g/mol. The molecule has 1 aromatic rings. The van der Waals surface area contributed by atoms with E-state index in [1.54, 1.807) is 0 Å². The number of halogens is 1. The Hall–Kier alpha value is -0.550. The molecule has 0 aromatic carbocycles. The molecule has 1 aromatic heterocycles. The van der Waals surface area contributed by atoms with E-state index in [2.05, 4.69) is 4.98 Å². The zero-order valence-corrected chi connectivity index (χ0v) is 10.4. The Morgan fingerprint density at radius 3 is 3.00 bits per heavy atom. The average Bonchev–Trinajstić information content (AvgIpc) is 2.66. The van der Waals surface area contributed by atoms with Crippen molar-refractivity contribution in [3.05, 3.63) is 17.8 Å². The Morgan fingerprint density at radius 2 is 2.31 bits per heavy atom. The number of hydrogen-bond acceptors (Lipinski definition) is 4. The van der Waals surface area contributed by atoms with E-state index in [-0.39, 0.29) is 5.75 Å². The summed E-state index contributed by atoms with van der Waals surface area (Å²) in [5.41, 5.74) is 0. The topological polar surface area (TPSA) is 60.2 Å². The molecule has 90 valence electrons. The molecular formula is C10H14ClNO3S. The molecule has 1 aliphatic rings. The van der Waals surface area contributed by atoms with Crippen molar-refractivity contribution in [3.63, 3.8) is 0 Å².